The van der Waals surface area contributed by atoms with Gasteiger partial charge in [0.1, 0.15) is 0 Å². The topological polar surface area (TPSA) is 53.1 Å². The summed E-state index contributed by atoms with van der Waals surface area (Å²) in [6.07, 6.45) is 3.34. The van der Waals surface area contributed by atoms with Crippen LogP contribution in [-0.4, -0.2) is 9.55 Å². The van der Waals surface area contributed by atoms with Crippen LogP contribution >= 0.6 is 0 Å². The number of imidazole rings is 1. The van der Waals surface area contributed by atoms with E-state index in [-0.39, 0.29) is 11.4 Å². The predicted molar refractivity (Wildman–Crippen MR) is 67.6 cm³/mol. The van der Waals surface area contributed by atoms with Gasteiger partial charge in [0.05, 0.1) is 5.69 Å². The Morgan fingerprint density at radius 2 is 2.00 bits per heavy atom. The summed E-state index contributed by atoms with van der Waals surface area (Å²) in [6.45, 7) is 3.41. The molecule has 2 rings (SSSR count). The number of aromatic nitrogens is 2. The molecule has 0 fully saturated rings. The highest BCUT2D eigenvalue weighted by molar-refractivity contribution is 5.53. The van der Waals surface area contributed by atoms with Crippen LogP contribution in [0.3, 0.4) is 0 Å². The lowest BCUT2D eigenvalue weighted by Gasteiger charge is -2.26. The second kappa shape index (κ2) is 4.53. The molecule has 19 heavy (non-hydrogen) atoms. The molecule has 0 aliphatic heterocycles. The number of aryl methyl sites for hydroxylation is 1. The Hall–Kier alpha value is -2.11. The maximum absolute atomic E-state index is 13.7. The second-order valence-electron chi connectivity index (χ2n) is 4.75. The van der Waals surface area contributed by atoms with E-state index in [2.05, 4.69) is 4.98 Å². The molecular weight excluding hydrogens is 252 g/mol. The number of hydrogen-bond donors (Lipinski definition) is 1. The highest BCUT2D eigenvalue weighted by Gasteiger charge is 2.30. The zero-order chi connectivity index (χ0) is 14.2. The average Bonchev–Trinajstić information content (AvgIpc) is 2.77. The molecule has 6 heteroatoms. The summed E-state index contributed by atoms with van der Waals surface area (Å²) >= 11 is 0. The Bertz CT molecular complexity index is 608. The smallest absolute Gasteiger partial charge is 0.202 e. The van der Waals surface area contributed by atoms with Crippen molar-refractivity contribution in [2.24, 2.45) is 7.05 Å². The first-order valence-electron chi connectivity index (χ1n) is 5.73. The van der Waals surface area contributed by atoms with Crippen molar-refractivity contribution < 1.29 is 13.5 Å². The van der Waals surface area contributed by atoms with Crippen molar-refractivity contribution in [3.8, 4) is 5.75 Å². The molecule has 0 radical (unpaired) electrons. The molecule has 2 aromatic rings. The molecule has 0 unspecified atom stereocenters. The largest absolute Gasteiger partial charge is 0.475 e. The van der Waals surface area contributed by atoms with Crippen LogP contribution in [0.2, 0.25) is 0 Å². The molecule has 0 amide bonds. The fraction of sp³-hybridized carbons (Fsp3) is 0.308. The minimum absolute atomic E-state index is 0.0428. The van der Waals surface area contributed by atoms with Crippen LogP contribution in [0.25, 0.3) is 0 Å². The maximum atomic E-state index is 13.7. The van der Waals surface area contributed by atoms with E-state index in [1.807, 2.05) is 0 Å². The normalized spacial score (nSPS) is 11.6. The first-order valence-corrected chi connectivity index (χ1v) is 5.73. The van der Waals surface area contributed by atoms with Gasteiger partial charge in [-0.1, -0.05) is 0 Å². The molecule has 1 aromatic carbocycles. The summed E-state index contributed by atoms with van der Waals surface area (Å²) in [7, 11) is 1.79. The third kappa shape index (κ3) is 2.38. The Balaban J connectivity index is 2.41. The van der Waals surface area contributed by atoms with E-state index in [9.17, 15) is 8.78 Å². The number of hydrogen-bond acceptors (Lipinski definition) is 3. The summed E-state index contributed by atoms with van der Waals surface area (Å²) in [6, 6.07) is 2.23. The van der Waals surface area contributed by atoms with Gasteiger partial charge in [-0.05, 0) is 26.0 Å². The number of benzene rings is 1. The van der Waals surface area contributed by atoms with E-state index in [1.165, 1.54) is 6.07 Å². The van der Waals surface area contributed by atoms with Gasteiger partial charge < -0.3 is 15.0 Å². The van der Waals surface area contributed by atoms with Crippen molar-refractivity contribution in [1.82, 2.24) is 9.55 Å². The monoisotopic (exact) mass is 267 g/mol. The van der Waals surface area contributed by atoms with Gasteiger partial charge >= 0.3 is 0 Å². The molecule has 4 nitrogen and oxygen atoms in total. The van der Waals surface area contributed by atoms with Crippen molar-refractivity contribution in [2.75, 3.05) is 5.73 Å². The van der Waals surface area contributed by atoms with Crippen LogP contribution in [-0.2, 0) is 12.6 Å². The summed E-state index contributed by atoms with van der Waals surface area (Å²) < 4.78 is 34.2. The number of nitrogens with zero attached hydrogens (tertiary/aromatic N) is 2. The fourth-order valence-electron chi connectivity index (χ4n) is 1.90. The standard InChI is InChI=1S/C13H15F2N3O/c1-13(2,12-17-6-7-18(12)3)19-11-9(16)5-4-8(14)10(11)15/h4-7H,16H2,1-3H3. The van der Waals surface area contributed by atoms with Crippen molar-refractivity contribution in [1.29, 1.82) is 0 Å². The lowest BCUT2D eigenvalue weighted by atomic mass is 10.1. The highest BCUT2D eigenvalue weighted by Crippen LogP contribution is 2.33. The molecule has 0 spiro atoms. The number of ether oxygens (including phenoxy) is 1. The first kappa shape index (κ1) is 13.3. The van der Waals surface area contributed by atoms with Gasteiger partial charge in [-0.15, -0.1) is 0 Å². The van der Waals surface area contributed by atoms with E-state index in [0.717, 1.165) is 6.07 Å². The van der Waals surface area contributed by atoms with Gasteiger partial charge in [-0.3, -0.25) is 0 Å². The predicted octanol–water partition coefficient (Wildman–Crippen LogP) is 2.59. The average molecular weight is 267 g/mol. The zero-order valence-electron chi connectivity index (χ0n) is 10.9. The Kier molecular flexibility index (Phi) is 3.18. The van der Waals surface area contributed by atoms with Gasteiger partial charge in [0, 0.05) is 19.4 Å². The van der Waals surface area contributed by atoms with Gasteiger partial charge in [-0.2, -0.15) is 4.39 Å². The molecule has 0 aliphatic carbocycles. The molecule has 102 valence electrons. The van der Waals surface area contributed by atoms with Crippen molar-refractivity contribution in [3.05, 3.63) is 42.0 Å². The van der Waals surface area contributed by atoms with Gasteiger partial charge in [0.15, 0.2) is 23.0 Å². The van der Waals surface area contributed by atoms with E-state index in [1.54, 1.807) is 37.9 Å². The third-order valence-corrected chi connectivity index (χ3v) is 2.80. The van der Waals surface area contributed by atoms with E-state index >= 15 is 0 Å². The van der Waals surface area contributed by atoms with Gasteiger partial charge in [0.25, 0.3) is 0 Å². The molecule has 0 atom stereocenters. The van der Waals surface area contributed by atoms with Crippen molar-refractivity contribution in [2.45, 2.75) is 19.4 Å². The molecule has 0 aliphatic rings. The van der Waals surface area contributed by atoms with Crippen molar-refractivity contribution >= 4 is 5.69 Å². The molecular formula is C13H15F2N3O. The van der Waals surface area contributed by atoms with Crippen LogP contribution in [0.15, 0.2) is 24.5 Å². The van der Waals surface area contributed by atoms with E-state index < -0.39 is 17.2 Å². The molecule has 0 bridgehead atoms. The summed E-state index contributed by atoms with van der Waals surface area (Å²) in [5.74, 6) is -1.81. The highest BCUT2D eigenvalue weighted by atomic mass is 19.2. The molecule has 0 saturated carbocycles. The lowest BCUT2D eigenvalue weighted by molar-refractivity contribution is 0.0898. The SMILES string of the molecule is Cn1ccnc1C(C)(C)Oc1c(N)ccc(F)c1F. The van der Waals surface area contributed by atoms with Crippen LogP contribution < -0.4 is 10.5 Å². The number of halogens is 2. The summed E-state index contributed by atoms with van der Waals surface area (Å²) in [4.78, 5) is 4.15. The minimum atomic E-state index is -1.10. The number of nitrogen functional groups attached to an aromatic ring is 1. The maximum Gasteiger partial charge on any atom is 0.202 e. The van der Waals surface area contributed by atoms with E-state index in [4.69, 9.17) is 10.5 Å². The summed E-state index contributed by atoms with van der Waals surface area (Å²) in [5, 5.41) is 0. The number of rotatable bonds is 3. The Morgan fingerprint density at radius 1 is 1.32 bits per heavy atom. The fourth-order valence-corrected chi connectivity index (χ4v) is 1.90. The molecule has 1 aromatic heterocycles. The van der Waals surface area contributed by atoms with E-state index in [0.29, 0.717) is 5.82 Å². The summed E-state index contributed by atoms with van der Waals surface area (Å²) in [5.41, 5.74) is 4.73. The lowest BCUT2D eigenvalue weighted by Crippen LogP contribution is -2.29. The number of anilines is 1. The van der Waals surface area contributed by atoms with Crippen molar-refractivity contribution in [3.63, 3.8) is 0 Å². The van der Waals surface area contributed by atoms with Crippen LogP contribution in [0.4, 0.5) is 14.5 Å². The first-order chi connectivity index (χ1) is 8.83. The quantitative estimate of drug-likeness (QED) is 0.870. The van der Waals surface area contributed by atoms with Crippen LogP contribution in [0, 0.1) is 11.6 Å². The van der Waals surface area contributed by atoms with Gasteiger partial charge in [-0.25, -0.2) is 9.37 Å². The Labute approximate surface area is 109 Å². The van der Waals surface area contributed by atoms with Crippen LogP contribution in [0.1, 0.15) is 19.7 Å². The van der Waals surface area contributed by atoms with Crippen LogP contribution in [0.5, 0.6) is 5.75 Å². The Morgan fingerprint density at radius 3 is 2.58 bits per heavy atom. The van der Waals surface area contributed by atoms with Gasteiger partial charge in [0.2, 0.25) is 5.82 Å². The third-order valence-electron chi connectivity index (χ3n) is 2.80. The number of nitrogens with two attached hydrogens (primary N) is 1. The molecule has 2 N–H and O–H groups in total. The molecule has 1 heterocycles. The zero-order valence-corrected chi connectivity index (χ0v) is 10.9. The second-order valence-corrected chi connectivity index (χ2v) is 4.75. The minimum Gasteiger partial charge on any atom is -0.475 e. The molecule has 0 saturated heterocycles.